The van der Waals surface area contributed by atoms with Crippen molar-refractivity contribution in [3.8, 4) is 11.5 Å². The Bertz CT molecular complexity index is 793. The van der Waals surface area contributed by atoms with Gasteiger partial charge in [-0.1, -0.05) is 30.0 Å². The Morgan fingerprint density at radius 1 is 1.15 bits per heavy atom. The van der Waals surface area contributed by atoms with Crippen LogP contribution in [0.3, 0.4) is 0 Å². The molecular weight excluding hydrogens is 356 g/mol. The van der Waals surface area contributed by atoms with Gasteiger partial charge < -0.3 is 18.6 Å². The van der Waals surface area contributed by atoms with Gasteiger partial charge in [0.1, 0.15) is 12.4 Å². The molecule has 0 aliphatic rings. The Balaban J connectivity index is 1.99. The SMILES string of the molecule is COC(=O)c1ccc(COc2ccc(C=CCSC(C)=O)cc2OC)o1. The maximum absolute atomic E-state index is 11.4. The fourth-order valence-corrected chi connectivity index (χ4v) is 2.50. The highest BCUT2D eigenvalue weighted by atomic mass is 32.2. The molecule has 26 heavy (non-hydrogen) atoms. The molecule has 0 aliphatic carbocycles. The number of benzene rings is 1. The summed E-state index contributed by atoms with van der Waals surface area (Å²) in [5.74, 6) is 1.84. The minimum absolute atomic E-state index is 0.0873. The minimum atomic E-state index is -0.534. The highest BCUT2D eigenvalue weighted by Crippen LogP contribution is 2.29. The van der Waals surface area contributed by atoms with Crippen molar-refractivity contribution >= 4 is 28.9 Å². The summed E-state index contributed by atoms with van der Waals surface area (Å²) >= 11 is 1.25. The number of methoxy groups -OCH3 is 2. The van der Waals surface area contributed by atoms with Gasteiger partial charge >= 0.3 is 5.97 Å². The monoisotopic (exact) mass is 376 g/mol. The predicted octanol–water partition coefficient (Wildman–Crippen LogP) is 3.95. The summed E-state index contributed by atoms with van der Waals surface area (Å²) in [7, 11) is 2.85. The molecule has 0 aliphatic heterocycles. The number of carbonyl (C=O) groups is 2. The fourth-order valence-electron chi connectivity index (χ4n) is 2.07. The smallest absolute Gasteiger partial charge is 0.373 e. The van der Waals surface area contributed by atoms with Crippen molar-refractivity contribution in [1.82, 2.24) is 0 Å². The van der Waals surface area contributed by atoms with E-state index >= 15 is 0 Å². The molecular formula is C19H20O6S. The third-order valence-corrected chi connectivity index (χ3v) is 4.06. The van der Waals surface area contributed by atoms with Crippen LogP contribution in [-0.4, -0.2) is 31.1 Å². The Kier molecular flexibility index (Phi) is 7.35. The first-order valence-corrected chi connectivity index (χ1v) is 8.79. The molecule has 0 atom stereocenters. The second-order valence-corrected chi connectivity index (χ2v) is 6.36. The molecule has 1 aromatic heterocycles. The van der Waals surface area contributed by atoms with Gasteiger partial charge in [-0.3, -0.25) is 4.79 Å². The van der Waals surface area contributed by atoms with Gasteiger partial charge in [-0.25, -0.2) is 4.79 Å². The summed E-state index contributed by atoms with van der Waals surface area (Å²) in [5, 5.41) is 0.0873. The van der Waals surface area contributed by atoms with Crippen molar-refractivity contribution in [2.24, 2.45) is 0 Å². The molecule has 7 heteroatoms. The molecule has 0 fully saturated rings. The molecule has 0 saturated carbocycles. The van der Waals surface area contributed by atoms with Gasteiger partial charge in [0.15, 0.2) is 16.6 Å². The van der Waals surface area contributed by atoms with Crippen LogP contribution < -0.4 is 9.47 Å². The predicted molar refractivity (Wildman–Crippen MR) is 99.5 cm³/mol. The van der Waals surface area contributed by atoms with Crippen LogP contribution in [0, 0.1) is 0 Å². The molecule has 1 aromatic carbocycles. The van der Waals surface area contributed by atoms with E-state index in [2.05, 4.69) is 4.74 Å². The number of ether oxygens (including phenoxy) is 3. The second-order valence-electron chi connectivity index (χ2n) is 5.16. The second kappa shape index (κ2) is 9.72. The first kappa shape index (κ1) is 19.7. The molecule has 0 radical (unpaired) electrons. The molecule has 0 amide bonds. The number of thioether (sulfide) groups is 1. The molecule has 138 valence electrons. The lowest BCUT2D eigenvalue weighted by atomic mass is 10.2. The first-order valence-electron chi connectivity index (χ1n) is 7.81. The van der Waals surface area contributed by atoms with Crippen LogP contribution in [0.1, 0.15) is 28.8 Å². The van der Waals surface area contributed by atoms with Crippen LogP contribution in [0.2, 0.25) is 0 Å². The summed E-state index contributed by atoms with van der Waals surface area (Å²) in [6, 6.07) is 8.71. The number of carbonyl (C=O) groups excluding carboxylic acids is 2. The Morgan fingerprint density at radius 2 is 1.96 bits per heavy atom. The molecule has 6 nitrogen and oxygen atoms in total. The zero-order valence-corrected chi connectivity index (χ0v) is 15.6. The highest BCUT2D eigenvalue weighted by Gasteiger charge is 2.12. The van der Waals surface area contributed by atoms with Gasteiger partial charge in [0.25, 0.3) is 0 Å². The molecule has 0 unspecified atom stereocenters. The molecule has 0 spiro atoms. The molecule has 0 bridgehead atoms. The van der Waals surface area contributed by atoms with Crippen LogP contribution in [0.25, 0.3) is 6.08 Å². The minimum Gasteiger partial charge on any atom is -0.493 e. The van der Waals surface area contributed by atoms with Crippen LogP contribution in [0.15, 0.2) is 40.8 Å². The van der Waals surface area contributed by atoms with E-state index in [0.717, 1.165) is 5.56 Å². The van der Waals surface area contributed by atoms with E-state index < -0.39 is 5.97 Å². The first-order chi connectivity index (χ1) is 12.5. The van der Waals surface area contributed by atoms with E-state index in [0.29, 0.717) is 23.0 Å². The molecule has 2 aromatic rings. The van der Waals surface area contributed by atoms with E-state index in [-0.39, 0.29) is 17.5 Å². The lowest BCUT2D eigenvalue weighted by Crippen LogP contribution is -1.99. The van der Waals surface area contributed by atoms with Crippen LogP contribution >= 0.6 is 11.8 Å². The molecule has 2 rings (SSSR count). The van der Waals surface area contributed by atoms with Crippen LogP contribution in [0.5, 0.6) is 11.5 Å². The van der Waals surface area contributed by atoms with Gasteiger partial charge in [-0.15, -0.1) is 0 Å². The third-order valence-electron chi connectivity index (χ3n) is 3.30. The number of hydrogen-bond acceptors (Lipinski definition) is 7. The summed E-state index contributed by atoms with van der Waals surface area (Å²) in [6.45, 7) is 1.69. The van der Waals surface area contributed by atoms with Gasteiger partial charge in [0.05, 0.1) is 14.2 Å². The fraction of sp³-hybridized carbons (Fsp3) is 0.263. The Labute approximate surface area is 156 Å². The lowest BCUT2D eigenvalue weighted by Gasteiger charge is -2.10. The molecule has 0 saturated heterocycles. The van der Waals surface area contributed by atoms with Crippen LogP contribution in [0.4, 0.5) is 0 Å². The zero-order chi connectivity index (χ0) is 18.9. The average molecular weight is 376 g/mol. The van der Waals surface area contributed by atoms with Crippen molar-refractivity contribution in [2.45, 2.75) is 13.5 Å². The van der Waals surface area contributed by atoms with Gasteiger partial charge in [-0.05, 0) is 29.8 Å². The van der Waals surface area contributed by atoms with Gasteiger partial charge in [-0.2, -0.15) is 0 Å². The van der Waals surface area contributed by atoms with Crippen molar-refractivity contribution in [3.05, 3.63) is 53.5 Å². The van der Waals surface area contributed by atoms with Gasteiger partial charge in [0.2, 0.25) is 5.76 Å². The van der Waals surface area contributed by atoms with Crippen LogP contribution in [-0.2, 0) is 16.1 Å². The quantitative estimate of drug-likeness (QED) is 0.646. The lowest BCUT2D eigenvalue weighted by molar-refractivity contribution is -0.109. The van der Waals surface area contributed by atoms with Crippen molar-refractivity contribution in [2.75, 3.05) is 20.0 Å². The number of furan rings is 1. The molecule has 1 heterocycles. The van der Waals surface area contributed by atoms with E-state index in [4.69, 9.17) is 13.9 Å². The number of hydrogen-bond donors (Lipinski definition) is 0. The maximum Gasteiger partial charge on any atom is 0.373 e. The van der Waals surface area contributed by atoms with Crippen molar-refractivity contribution < 1.29 is 28.2 Å². The van der Waals surface area contributed by atoms with Crippen molar-refractivity contribution in [1.29, 1.82) is 0 Å². The van der Waals surface area contributed by atoms with Gasteiger partial charge in [0, 0.05) is 12.7 Å². The third kappa shape index (κ3) is 5.70. The summed E-state index contributed by atoms with van der Waals surface area (Å²) in [4.78, 5) is 22.3. The van der Waals surface area contributed by atoms with E-state index in [9.17, 15) is 9.59 Å². The summed E-state index contributed by atoms with van der Waals surface area (Å²) in [6.07, 6.45) is 3.83. The zero-order valence-electron chi connectivity index (χ0n) is 14.8. The summed E-state index contributed by atoms with van der Waals surface area (Å²) in [5.41, 5.74) is 0.935. The average Bonchev–Trinajstić information content (AvgIpc) is 3.12. The Morgan fingerprint density at radius 3 is 2.65 bits per heavy atom. The molecule has 0 N–H and O–H groups in total. The number of rotatable bonds is 8. The topological polar surface area (TPSA) is 75.0 Å². The van der Waals surface area contributed by atoms with Crippen molar-refractivity contribution in [3.63, 3.8) is 0 Å². The standard InChI is InChI=1S/C19H20O6S/c1-13(20)26-10-4-5-14-6-8-16(18(11-14)22-2)24-12-15-7-9-17(25-15)19(21)23-3/h4-9,11H,10,12H2,1-3H3. The Hall–Kier alpha value is -2.67. The highest BCUT2D eigenvalue weighted by molar-refractivity contribution is 8.13. The van der Waals surface area contributed by atoms with E-state index in [1.54, 1.807) is 26.2 Å². The normalized spacial score (nSPS) is 10.7. The van der Waals surface area contributed by atoms with E-state index in [1.165, 1.54) is 24.9 Å². The maximum atomic E-state index is 11.4. The largest absolute Gasteiger partial charge is 0.493 e. The van der Waals surface area contributed by atoms with E-state index in [1.807, 2.05) is 24.3 Å². The summed E-state index contributed by atoms with van der Waals surface area (Å²) < 4.78 is 21.0. The number of esters is 1.